The summed E-state index contributed by atoms with van der Waals surface area (Å²) in [6.07, 6.45) is 1.52. The summed E-state index contributed by atoms with van der Waals surface area (Å²) in [5.74, 6) is -0.212. The van der Waals surface area contributed by atoms with Gasteiger partial charge >= 0.3 is 6.09 Å². The van der Waals surface area contributed by atoms with Gasteiger partial charge in [0.15, 0.2) is 0 Å². The Morgan fingerprint density at radius 1 is 1.36 bits per heavy atom. The third kappa shape index (κ3) is 5.30. The quantitative estimate of drug-likeness (QED) is 0.933. The first kappa shape index (κ1) is 16.7. The van der Waals surface area contributed by atoms with Crippen molar-refractivity contribution in [3.63, 3.8) is 0 Å². The number of hydrogen-bond acceptors (Lipinski definition) is 3. The van der Waals surface area contributed by atoms with Crippen LogP contribution >= 0.6 is 0 Å². The van der Waals surface area contributed by atoms with Gasteiger partial charge in [0.1, 0.15) is 11.4 Å². The van der Waals surface area contributed by atoms with Crippen LogP contribution in [-0.4, -0.2) is 42.3 Å². The Kier molecular flexibility index (Phi) is 5.40. The molecule has 1 amide bonds. The Labute approximate surface area is 131 Å². The van der Waals surface area contributed by atoms with Crippen molar-refractivity contribution in [3.05, 3.63) is 35.6 Å². The van der Waals surface area contributed by atoms with Crippen molar-refractivity contribution in [2.45, 2.75) is 45.3 Å². The second-order valence-corrected chi connectivity index (χ2v) is 6.74. The molecule has 0 aliphatic carbocycles. The summed E-state index contributed by atoms with van der Waals surface area (Å²) in [7, 11) is 0. The molecule has 0 saturated carbocycles. The van der Waals surface area contributed by atoms with E-state index in [1.54, 1.807) is 4.90 Å². The number of hydrogen-bond donors (Lipinski definition) is 1. The van der Waals surface area contributed by atoms with Crippen LogP contribution < -0.4 is 5.32 Å². The Morgan fingerprint density at radius 3 is 2.68 bits per heavy atom. The molecule has 1 aliphatic rings. The van der Waals surface area contributed by atoms with Crippen LogP contribution in [-0.2, 0) is 11.2 Å². The van der Waals surface area contributed by atoms with Crippen LogP contribution in [0.5, 0.6) is 0 Å². The van der Waals surface area contributed by atoms with Crippen molar-refractivity contribution in [3.8, 4) is 0 Å². The van der Waals surface area contributed by atoms with Gasteiger partial charge in [0.2, 0.25) is 0 Å². The highest BCUT2D eigenvalue weighted by molar-refractivity contribution is 5.68. The topological polar surface area (TPSA) is 41.6 Å². The third-order valence-electron chi connectivity index (χ3n) is 3.60. The molecule has 1 aromatic carbocycles. The molecule has 1 unspecified atom stereocenters. The summed E-state index contributed by atoms with van der Waals surface area (Å²) >= 11 is 0. The van der Waals surface area contributed by atoms with Crippen LogP contribution in [0.1, 0.15) is 32.8 Å². The van der Waals surface area contributed by atoms with Crippen molar-refractivity contribution in [2.75, 3.05) is 19.6 Å². The molecule has 1 N–H and O–H groups in total. The molecular formula is C17H25FN2O2. The minimum Gasteiger partial charge on any atom is -0.444 e. The van der Waals surface area contributed by atoms with Crippen LogP contribution in [0.3, 0.4) is 0 Å². The van der Waals surface area contributed by atoms with Crippen molar-refractivity contribution >= 4 is 6.09 Å². The number of halogens is 1. The number of ether oxygens (including phenoxy) is 1. The van der Waals surface area contributed by atoms with E-state index in [2.05, 4.69) is 5.32 Å². The highest BCUT2D eigenvalue weighted by atomic mass is 19.1. The van der Waals surface area contributed by atoms with Crippen molar-refractivity contribution in [1.82, 2.24) is 10.2 Å². The van der Waals surface area contributed by atoms with Gasteiger partial charge in [-0.3, -0.25) is 0 Å². The van der Waals surface area contributed by atoms with E-state index < -0.39 is 5.60 Å². The maximum atomic E-state index is 12.9. The first-order valence-corrected chi connectivity index (χ1v) is 7.79. The van der Waals surface area contributed by atoms with Crippen LogP contribution in [0.15, 0.2) is 24.3 Å². The van der Waals surface area contributed by atoms with E-state index in [1.807, 2.05) is 32.9 Å². The highest BCUT2D eigenvalue weighted by Gasteiger charge is 2.27. The number of carbonyl (C=O) groups is 1. The molecule has 0 aromatic heterocycles. The molecule has 4 nitrogen and oxygen atoms in total. The predicted octanol–water partition coefficient (Wildman–Crippen LogP) is 2.97. The van der Waals surface area contributed by atoms with Crippen molar-refractivity contribution in [2.24, 2.45) is 0 Å². The van der Waals surface area contributed by atoms with Gasteiger partial charge in [-0.25, -0.2) is 9.18 Å². The molecule has 2 rings (SSSR count). The number of piperazine rings is 1. The summed E-state index contributed by atoms with van der Waals surface area (Å²) in [5, 5.41) is 3.42. The first-order valence-electron chi connectivity index (χ1n) is 7.79. The molecule has 0 spiro atoms. The molecule has 1 saturated heterocycles. The number of nitrogens with zero attached hydrogens (tertiary/aromatic N) is 1. The number of benzene rings is 1. The van der Waals surface area contributed by atoms with Gasteiger partial charge in [0.25, 0.3) is 0 Å². The number of rotatable bonds is 3. The lowest BCUT2D eigenvalue weighted by atomic mass is 10.0. The lowest BCUT2D eigenvalue weighted by Gasteiger charge is -2.35. The fourth-order valence-electron chi connectivity index (χ4n) is 2.50. The van der Waals surface area contributed by atoms with Gasteiger partial charge in [0.05, 0.1) is 0 Å². The zero-order valence-electron chi connectivity index (χ0n) is 13.6. The number of amides is 1. The molecule has 22 heavy (non-hydrogen) atoms. The monoisotopic (exact) mass is 308 g/mol. The molecule has 122 valence electrons. The minimum atomic E-state index is -0.467. The average Bonchev–Trinajstić information content (AvgIpc) is 2.45. The Morgan fingerprint density at radius 2 is 2.05 bits per heavy atom. The van der Waals surface area contributed by atoms with Crippen LogP contribution in [0.25, 0.3) is 0 Å². The molecule has 5 heteroatoms. The second kappa shape index (κ2) is 7.09. The smallest absolute Gasteiger partial charge is 0.410 e. The van der Waals surface area contributed by atoms with E-state index in [9.17, 15) is 9.18 Å². The molecule has 1 aliphatic heterocycles. The second-order valence-electron chi connectivity index (χ2n) is 6.74. The lowest BCUT2D eigenvalue weighted by Crippen LogP contribution is -2.53. The molecule has 1 aromatic rings. The number of nitrogens with one attached hydrogen (secondary N) is 1. The number of carbonyl (C=O) groups excluding carboxylic acids is 1. The molecule has 0 radical (unpaired) electrons. The largest absolute Gasteiger partial charge is 0.444 e. The zero-order chi connectivity index (χ0) is 16.2. The van der Waals surface area contributed by atoms with Gasteiger partial charge in [-0.05, 0) is 51.3 Å². The molecule has 0 bridgehead atoms. The Bertz CT molecular complexity index is 496. The van der Waals surface area contributed by atoms with E-state index in [4.69, 9.17) is 4.74 Å². The average molecular weight is 308 g/mol. The standard InChI is InChI=1S/C17H25FN2O2/c1-17(2,3)22-16(21)20-11-10-19-15(12-20)9-6-13-4-7-14(18)8-5-13/h4-5,7-8,15,19H,6,9-12H2,1-3H3. The first-order chi connectivity index (χ1) is 10.3. The van der Waals surface area contributed by atoms with E-state index in [0.29, 0.717) is 13.1 Å². The van der Waals surface area contributed by atoms with Crippen LogP contribution in [0.4, 0.5) is 9.18 Å². The van der Waals surface area contributed by atoms with Crippen LogP contribution in [0, 0.1) is 5.82 Å². The summed E-state index contributed by atoms with van der Waals surface area (Å²) in [6.45, 7) is 7.71. The Balaban J connectivity index is 1.82. The minimum absolute atomic E-state index is 0.212. The summed E-state index contributed by atoms with van der Waals surface area (Å²) in [4.78, 5) is 13.9. The van der Waals surface area contributed by atoms with E-state index in [0.717, 1.165) is 24.9 Å². The zero-order valence-corrected chi connectivity index (χ0v) is 13.6. The summed E-state index contributed by atoms with van der Waals surface area (Å²) in [5.41, 5.74) is 0.642. The van der Waals surface area contributed by atoms with Crippen molar-refractivity contribution < 1.29 is 13.9 Å². The molecular weight excluding hydrogens is 283 g/mol. The van der Waals surface area contributed by atoms with Crippen molar-refractivity contribution in [1.29, 1.82) is 0 Å². The highest BCUT2D eigenvalue weighted by Crippen LogP contribution is 2.14. The number of aryl methyl sites for hydroxylation is 1. The molecule has 1 atom stereocenters. The van der Waals surface area contributed by atoms with E-state index >= 15 is 0 Å². The lowest BCUT2D eigenvalue weighted by molar-refractivity contribution is 0.0193. The fraction of sp³-hybridized carbons (Fsp3) is 0.588. The molecule has 1 heterocycles. The summed E-state index contributed by atoms with van der Waals surface area (Å²) < 4.78 is 18.3. The van der Waals surface area contributed by atoms with Gasteiger partial charge in [-0.1, -0.05) is 12.1 Å². The predicted molar refractivity (Wildman–Crippen MR) is 84.3 cm³/mol. The summed E-state index contributed by atoms with van der Waals surface area (Å²) in [6, 6.07) is 6.83. The van der Waals surface area contributed by atoms with Gasteiger partial charge in [-0.15, -0.1) is 0 Å². The van der Waals surface area contributed by atoms with Crippen LogP contribution in [0.2, 0.25) is 0 Å². The third-order valence-corrected chi connectivity index (χ3v) is 3.60. The fourth-order valence-corrected chi connectivity index (χ4v) is 2.50. The maximum Gasteiger partial charge on any atom is 0.410 e. The maximum absolute atomic E-state index is 12.9. The molecule has 1 fully saturated rings. The van der Waals surface area contributed by atoms with Gasteiger partial charge in [-0.2, -0.15) is 0 Å². The van der Waals surface area contributed by atoms with E-state index in [1.165, 1.54) is 12.1 Å². The SMILES string of the molecule is CC(C)(C)OC(=O)N1CCNC(CCc2ccc(F)cc2)C1. The van der Waals surface area contributed by atoms with Gasteiger partial charge in [0, 0.05) is 25.7 Å². The van der Waals surface area contributed by atoms with E-state index in [-0.39, 0.29) is 18.0 Å². The van der Waals surface area contributed by atoms with Gasteiger partial charge < -0.3 is 15.0 Å². The Hall–Kier alpha value is -1.62. The normalized spacial score (nSPS) is 19.1.